The smallest absolute Gasteiger partial charge is 0.122 e. The van der Waals surface area contributed by atoms with E-state index in [0.717, 1.165) is 23.3 Å². The molecule has 3 heteroatoms. The normalized spacial score (nSPS) is 9.77. The number of hydrogen-bond donors (Lipinski definition) is 2. The van der Waals surface area contributed by atoms with Crippen LogP contribution in [0.15, 0.2) is 78.9 Å². The molecule has 3 rings (SSSR count). The highest BCUT2D eigenvalue weighted by Crippen LogP contribution is 2.17. The Labute approximate surface area is 156 Å². The third-order valence-corrected chi connectivity index (χ3v) is 3.84. The summed E-state index contributed by atoms with van der Waals surface area (Å²) < 4.78 is 5.80. The molecular formula is C23H26N2O. The summed E-state index contributed by atoms with van der Waals surface area (Å²) in [6.45, 7) is 4.58. The average molecular weight is 346 g/mol. The van der Waals surface area contributed by atoms with Gasteiger partial charge in [-0.2, -0.15) is 0 Å². The molecule has 0 bridgehead atoms. The standard InChI is InChI=1S/C21H20N2O.C2H6/c22-21(23)19-10-6-16(7-11-19)14-17-8-12-20(13-9-17)24-15-18-4-2-1-3-5-18;1-2/h1-13H,14-15H2,(H3,22,23);1-2H3. The molecule has 3 N–H and O–H groups in total. The molecule has 0 saturated heterocycles. The first kappa shape index (κ1) is 19.3. The molecule has 0 aliphatic carbocycles. The Morgan fingerprint density at radius 2 is 1.31 bits per heavy atom. The second-order valence-electron chi connectivity index (χ2n) is 5.71. The Kier molecular flexibility index (Phi) is 7.44. The van der Waals surface area contributed by atoms with Crippen molar-refractivity contribution in [2.24, 2.45) is 5.73 Å². The predicted molar refractivity (Wildman–Crippen MR) is 109 cm³/mol. The van der Waals surface area contributed by atoms with E-state index < -0.39 is 0 Å². The molecule has 3 aromatic carbocycles. The maximum Gasteiger partial charge on any atom is 0.122 e. The zero-order valence-electron chi connectivity index (χ0n) is 15.4. The molecule has 0 spiro atoms. The van der Waals surface area contributed by atoms with Gasteiger partial charge >= 0.3 is 0 Å². The lowest BCUT2D eigenvalue weighted by Crippen LogP contribution is -2.10. The van der Waals surface area contributed by atoms with Gasteiger partial charge in [-0.3, -0.25) is 5.41 Å². The van der Waals surface area contributed by atoms with Crippen LogP contribution in [-0.2, 0) is 13.0 Å². The van der Waals surface area contributed by atoms with Gasteiger partial charge in [0.05, 0.1) is 0 Å². The molecule has 0 atom stereocenters. The Morgan fingerprint density at radius 3 is 1.85 bits per heavy atom. The zero-order chi connectivity index (χ0) is 18.8. The van der Waals surface area contributed by atoms with Crippen molar-refractivity contribution >= 4 is 5.84 Å². The zero-order valence-corrected chi connectivity index (χ0v) is 15.4. The van der Waals surface area contributed by atoms with E-state index in [2.05, 4.69) is 24.3 Å². The van der Waals surface area contributed by atoms with Crippen molar-refractivity contribution in [3.05, 3.63) is 101 Å². The van der Waals surface area contributed by atoms with Crippen molar-refractivity contribution in [1.82, 2.24) is 0 Å². The first-order valence-electron chi connectivity index (χ1n) is 8.90. The number of nitrogen functional groups attached to an aromatic ring is 1. The van der Waals surface area contributed by atoms with E-state index in [9.17, 15) is 0 Å². The van der Waals surface area contributed by atoms with Crippen LogP contribution in [0.4, 0.5) is 0 Å². The lowest BCUT2D eigenvalue weighted by atomic mass is 10.0. The molecule has 0 amide bonds. The van der Waals surface area contributed by atoms with Gasteiger partial charge in [-0.25, -0.2) is 0 Å². The Morgan fingerprint density at radius 1 is 0.769 bits per heavy atom. The molecule has 0 unspecified atom stereocenters. The fourth-order valence-electron chi connectivity index (χ4n) is 2.48. The van der Waals surface area contributed by atoms with E-state index in [-0.39, 0.29) is 5.84 Å². The van der Waals surface area contributed by atoms with Gasteiger partial charge in [-0.05, 0) is 35.2 Å². The van der Waals surface area contributed by atoms with E-state index in [4.69, 9.17) is 15.9 Å². The molecule has 0 fully saturated rings. The van der Waals surface area contributed by atoms with Gasteiger partial charge < -0.3 is 10.5 Å². The highest BCUT2D eigenvalue weighted by atomic mass is 16.5. The van der Waals surface area contributed by atoms with Crippen LogP contribution in [0.3, 0.4) is 0 Å². The first-order valence-corrected chi connectivity index (χ1v) is 8.90. The third kappa shape index (κ3) is 5.78. The summed E-state index contributed by atoms with van der Waals surface area (Å²) in [6, 6.07) is 26.1. The number of rotatable bonds is 6. The molecule has 3 nitrogen and oxygen atoms in total. The van der Waals surface area contributed by atoms with Crippen LogP contribution in [0.25, 0.3) is 0 Å². The molecule has 0 aliphatic rings. The molecule has 0 heterocycles. The van der Waals surface area contributed by atoms with Gasteiger partial charge in [0.15, 0.2) is 0 Å². The van der Waals surface area contributed by atoms with E-state index >= 15 is 0 Å². The summed E-state index contributed by atoms with van der Waals surface area (Å²) in [4.78, 5) is 0. The number of benzene rings is 3. The minimum atomic E-state index is 0.0986. The minimum absolute atomic E-state index is 0.0986. The highest BCUT2D eigenvalue weighted by Gasteiger charge is 2.01. The Hall–Kier alpha value is -3.07. The fourth-order valence-corrected chi connectivity index (χ4v) is 2.48. The van der Waals surface area contributed by atoms with Gasteiger partial charge in [-0.15, -0.1) is 0 Å². The van der Waals surface area contributed by atoms with Crippen molar-refractivity contribution in [1.29, 1.82) is 5.41 Å². The third-order valence-electron chi connectivity index (χ3n) is 3.84. The topological polar surface area (TPSA) is 59.1 Å². The van der Waals surface area contributed by atoms with Crippen LogP contribution < -0.4 is 10.5 Å². The van der Waals surface area contributed by atoms with Crippen LogP contribution in [0, 0.1) is 5.41 Å². The van der Waals surface area contributed by atoms with Crippen LogP contribution >= 0.6 is 0 Å². The Balaban J connectivity index is 0.00000117. The second-order valence-corrected chi connectivity index (χ2v) is 5.71. The van der Waals surface area contributed by atoms with Crippen molar-refractivity contribution in [2.45, 2.75) is 26.9 Å². The molecule has 26 heavy (non-hydrogen) atoms. The maximum absolute atomic E-state index is 7.42. The van der Waals surface area contributed by atoms with Gasteiger partial charge in [0.2, 0.25) is 0 Å². The number of nitrogens with one attached hydrogen (secondary N) is 1. The monoisotopic (exact) mass is 346 g/mol. The lowest BCUT2D eigenvalue weighted by molar-refractivity contribution is 0.306. The van der Waals surface area contributed by atoms with Crippen molar-refractivity contribution in [3.63, 3.8) is 0 Å². The van der Waals surface area contributed by atoms with Crippen LogP contribution in [-0.4, -0.2) is 5.84 Å². The van der Waals surface area contributed by atoms with Crippen molar-refractivity contribution < 1.29 is 4.74 Å². The summed E-state index contributed by atoms with van der Waals surface area (Å²) in [5.74, 6) is 0.969. The van der Waals surface area contributed by atoms with Gasteiger partial charge in [-0.1, -0.05) is 80.6 Å². The van der Waals surface area contributed by atoms with Crippen molar-refractivity contribution in [2.75, 3.05) is 0 Å². The summed E-state index contributed by atoms with van der Waals surface area (Å²) in [5, 5.41) is 7.42. The molecule has 0 saturated carbocycles. The number of ether oxygens (including phenoxy) is 1. The number of amidine groups is 1. The van der Waals surface area contributed by atoms with Crippen LogP contribution in [0.5, 0.6) is 5.75 Å². The van der Waals surface area contributed by atoms with Crippen LogP contribution in [0.2, 0.25) is 0 Å². The second kappa shape index (κ2) is 10.0. The lowest BCUT2D eigenvalue weighted by Gasteiger charge is -2.08. The van der Waals surface area contributed by atoms with Gasteiger partial charge in [0.1, 0.15) is 18.2 Å². The molecule has 0 aliphatic heterocycles. The van der Waals surface area contributed by atoms with E-state index in [1.165, 1.54) is 11.1 Å². The number of hydrogen-bond acceptors (Lipinski definition) is 2. The highest BCUT2D eigenvalue weighted by molar-refractivity contribution is 5.94. The SMILES string of the molecule is CC.N=C(N)c1ccc(Cc2ccc(OCc3ccccc3)cc2)cc1. The molecule has 134 valence electrons. The quantitative estimate of drug-likeness (QED) is 0.478. The summed E-state index contributed by atoms with van der Waals surface area (Å²) in [7, 11) is 0. The molecule has 0 aromatic heterocycles. The van der Waals surface area contributed by atoms with Crippen molar-refractivity contribution in [3.8, 4) is 5.75 Å². The van der Waals surface area contributed by atoms with Gasteiger partial charge in [0, 0.05) is 5.56 Å². The van der Waals surface area contributed by atoms with Crippen LogP contribution in [0.1, 0.15) is 36.1 Å². The fraction of sp³-hybridized carbons (Fsp3) is 0.174. The minimum Gasteiger partial charge on any atom is -0.489 e. The largest absolute Gasteiger partial charge is 0.489 e. The molecule has 0 radical (unpaired) electrons. The van der Waals surface area contributed by atoms with E-state index in [0.29, 0.717) is 6.61 Å². The average Bonchev–Trinajstić information content (AvgIpc) is 2.70. The van der Waals surface area contributed by atoms with Gasteiger partial charge in [0.25, 0.3) is 0 Å². The Bertz CT molecular complexity index is 794. The van der Waals surface area contributed by atoms with E-state index in [1.807, 2.05) is 68.4 Å². The van der Waals surface area contributed by atoms with E-state index in [1.54, 1.807) is 0 Å². The predicted octanol–water partition coefficient (Wildman–Crippen LogP) is 5.17. The summed E-state index contributed by atoms with van der Waals surface area (Å²) >= 11 is 0. The number of nitrogens with two attached hydrogens (primary N) is 1. The molecular weight excluding hydrogens is 320 g/mol. The maximum atomic E-state index is 7.42. The summed E-state index contributed by atoms with van der Waals surface area (Å²) in [6.07, 6.45) is 0.844. The summed E-state index contributed by atoms with van der Waals surface area (Å²) in [5.41, 5.74) is 9.80. The molecule has 3 aromatic rings. The first-order chi connectivity index (χ1) is 12.7.